The van der Waals surface area contributed by atoms with Crippen LogP contribution in [0.1, 0.15) is 181 Å². The van der Waals surface area contributed by atoms with Gasteiger partial charge in [0.2, 0.25) is 0 Å². The fourth-order valence-electron chi connectivity index (χ4n) is 5.83. The van der Waals surface area contributed by atoms with Crippen molar-refractivity contribution >= 4 is 19.8 Å². The fraction of sp³-hybridized carbons (Fsp3) is 0.783. The molecule has 10 heteroatoms. The maximum atomic E-state index is 12.7. The zero-order valence-corrected chi connectivity index (χ0v) is 37.5. The minimum atomic E-state index is -4.39. The lowest BCUT2D eigenvalue weighted by Gasteiger charge is -2.24. The number of esters is 2. The van der Waals surface area contributed by atoms with Crippen molar-refractivity contribution in [3.8, 4) is 0 Å². The molecule has 0 aromatic rings. The van der Waals surface area contributed by atoms with Crippen molar-refractivity contribution < 1.29 is 42.1 Å². The number of likely N-dealkylation sites (N-methyl/N-ethyl adjacent to an activating group) is 1. The van der Waals surface area contributed by atoms with Gasteiger partial charge in [0.25, 0.3) is 0 Å². The summed E-state index contributed by atoms with van der Waals surface area (Å²) in [4.78, 5) is 35.3. The monoisotopic (exact) mass is 811 g/mol. The molecule has 0 spiro atoms. The molecule has 0 aromatic carbocycles. The van der Waals surface area contributed by atoms with E-state index in [4.69, 9.17) is 18.5 Å². The third kappa shape index (κ3) is 41.6. The molecule has 0 saturated carbocycles. The summed E-state index contributed by atoms with van der Waals surface area (Å²) in [5, 5.41) is 0. The first-order valence-corrected chi connectivity index (χ1v) is 23.9. The third-order valence-electron chi connectivity index (χ3n) is 9.36. The molecule has 2 atom stereocenters. The Morgan fingerprint density at radius 1 is 0.554 bits per heavy atom. The van der Waals surface area contributed by atoms with Crippen molar-refractivity contribution in [2.75, 3.05) is 47.5 Å². The maximum Gasteiger partial charge on any atom is 0.472 e. The molecule has 0 aromatic heterocycles. The van der Waals surface area contributed by atoms with E-state index >= 15 is 0 Å². The van der Waals surface area contributed by atoms with Crippen LogP contribution >= 0.6 is 7.82 Å². The van der Waals surface area contributed by atoms with Gasteiger partial charge in [0, 0.05) is 12.8 Å². The van der Waals surface area contributed by atoms with Crippen LogP contribution < -0.4 is 0 Å². The van der Waals surface area contributed by atoms with Crippen molar-refractivity contribution in [2.24, 2.45) is 0 Å². The van der Waals surface area contributed by atoms with Crippen molar-refractivity contribution in [3.63, 3.8) is 0 Å². The van der Waals surface area contributed by atoms with Crippen molar-refractivity contribution in [1.29, 1.82) is 0 Å². The Bertz CT molecular complexity index is 1100. The second kappa shape index (κ2) is 38.5. The Labute approximate surface area is 343 Å². The number of rotatable bonds is 40. The normalized spacial score (nSPS) is 14.0. The Balaban J connectivity index is 4.45. The van der Waals surface area contributed by atoms with Crippen LogP contribution in [0.4, 0.5) is 0 Å². The van der Waals surface area contributed by atoms with Gasteiger partial charge in [-0.15, -0.1) is 0 Å². The summed E-state index contributed by atoms with van der Waals surface area (Å²) in [6.45, 7) is 4.33. The number of quaternary nitrogens is 1. The summed E-state index contributed by atoms with van der Waals surface area (Å²) in [6.07, 6.45) is 44.5. The Morgan fingerprint density at radius 3 is 1.48 bits per heavy atom. The van der Waals surface area contributed by atoms with Gasteiger partial charge in [-0.2, -0.15) is 0 Å². The standard InChI is InChI=1S/C46H84NO8P/c1-6-8-10-12-14-16-18-20-22-23-25-27-29-31-33-35-37-39-46(49)55-44(43-54-56(50,51)53-41-40-47(3,4)5)42-52-45(48)38-36-34-32-30-28-26-24-21-19-17-15-13-11-9-7-2/h14,16,20,22,25,27,31,33,44H,6-13,15,17-19,21,23-24,26,28-30,32,34-43H2,1-5H3/p+1/t44-/m1/s1. The van der Waals surface area contributed by atoms with Gasteiger partial charge < -0.3 is 18.9 Å². The zero-order chi connectivity index (χ0) is 41.4. The highest BCUT2D eigenvalue weighted by Crippen LogP contribution is 2.43. The molecule has 326 valence electrons. The fourth-order valence-corrected chi connectivity index (χ4v) is 6.57. The first kappa shape index (κ1) is 54.0. The molecule has 0 amide bonds. The Hall–Kier alpha value is -2.03. The molecule has 0 heterocycles. The van der Waals surface area contributed by atoms with Gasteiger partial charge in [-0.1, -0.05) is 165 Å². The predicted octanol–water partition coefficient (Wildman–Crippen LogP) is 12.7. The SMILES string of the molecule is CCCCCC=CCC=CCC=CCC=CCCCC(=O)O[C@H](COC(=O)CCCCCCCCCCCCCCCCC)COP(=O)(O)OCC[N+](C)(C)C. The molecule has 0 aliphatic rings. The van der Waals surface area contributed by atoms with E-state index in [1.165, 1.54) is 103 Å². The van der Waals surface area contributed by atoms with E-state index in [1.807, 2.05) is 27.2 Å². The molecule has 0 saturated heterocycles. The number of hydrogen-bond acceptors (Lipinski definition) is 7. The van der Waals surface area contributed by atoms with Gasteiger partial charge in [0.15, 0.2) is 6.10 Å². The van der Waals surface area contributed by atoms with Crippen molar-refractivity contribution in [2.45, 2.75) is 187 Å². The number of carbonyl (C=O) groups excluding carboxylic acids is 2. The summed E-state index contributed by atoms with van der Waals surface area (Å²) < 4.78 is 34.2. The van der Waals surface area contributed by atoms with Gasteiger partial charge in [-0.05, 0) is 51.4 Å². The van der Waals surface area contributed by atoms with E-state index in [0.717, 1.165) is 44.9 Å². The quantitative estimate of drug-likeness (QED) is 0.0214. The predicted molar refractivity (Wildman–Crippen MR) is 233 cm³/mol. The van der Waals surface area contributed by atoms with Crippen LogP contribution in [0.2, 0.25) is 0 Å². The topological polar surface area (TPSA) is 108 Å². The number of allylic oxidation sites excluding steroid dienone is 8. The van der Waals surface area contributed by atoms with Gasteiger partial charge in [-0.25, -0.2) is 4.57 Å². The minimum Gasteiger partial charge on any atom is -0.462 e. The van der Waals surface area contributed by atoms with E-state index in [1.54, 1.807) is 0 Å². The molecule has 1 N–H and O–H groups in total. The van der Waals surface area contributed by atoms with Gasteiger partial charge >= 0.3 is 19.8 Å². The third-order valence-corrected chi connectivity index (χ3v) is 10.3. The molecule has 1 unspecified atom stereocenters. The average molecular weight is 811 g/mol. The number of phosphoric ester groups is 1. The highest BCUT2D eigenvalue weighted by atomic mass is 31.2. The van der Waals surface area contributed by atoms with E-state index in [2.05, 4.69) is 56.4 Å². The molecule has 0 rings (SSSR count). The van der Waals surface area contributed by atoms with E-state index in [-0.39, 0.29) is 32.0 Å². The second-order valence-corrected chi connectivity index (χ2v) is 17.5. The molecular weight excluding hydrogens is 725 g/mol. The number of hydrogen-bond donors (Lipinski definition) is 1. The van der Waals surface area contributed by atoms with Crippen LogP contribution in [0.3, 0.4) is 0 Å². The van der Waals surface area contributed by atoms with Crippen LogP contribution in [0, 0.1) is 0 Å². The van der Waals surface area contributed by atoms with Crippen LogP contribution in [0.25, 0.3) is 0 Å². The Morgan fingerprint density at radius 2 is 0.982 bits per heavy atom. The van der Waals surface area contributed by atoms with Crippen LogP contribution in [-0.2, 0) is 32.7 Å². The first-order chi connectivity index (χ1) is 27.0. The van der Waals surface area contributed by atoms with Crippen molar-refractivity contribution in [3.05, 3.63) is 48.6 Å². The van der Waals surface area contributed by atoms with E-state index in [0.29, 0.717) is 17.4 Å². The number of nitrogens with zero attached hydrogens (tertiary/aromatic N) is 1. The summed E-state index contributed by atoms with van der Waals surface area (Å²) in [5.41, 5.74) is 0. The van der Waals surface area contributed by atoms with Gasteiger partial charge in [0.1, 0.15) is 19.8 Å². The lowest BCUT2D eigenvalue weighted by atomic mass is 10.0. The number of carbonyl (C=O) groups is 2. The molecule has 0 aliphatic heterocycles. The van der Waals surface area contributed by atoms with Crippen molar-refractivity contribution in [1.82, 2.24) is 0 Å². The van der Waals surface area contributed by atoms with Crippen LogP contribution in [0.5, 0.6) is 0 Å². The van der Waals surface area contributed by atoms with E-state index < -0.39 is 26.5 Å². The molecular formula is C46H85NO8P+. The number of unbranched alkanes of at least 4 members (excludes halogenated alkanes) is 18. The van der Waals surface area contributed by atoms with Crippen LogP contribution in [-0.4, -0.2) is 74.9 Å². The minimum absolute atomic E-state index is 0.0213. The molecule has 56 heavy (non-hydrogen) atoms. The van der Waals surface area contributed by atoms with E-state index in [9.17, 15) is 19.0 Å². The molecule has 0 fully saturated rings. The smallest absolute Gasteiger partial charge is 0.462 e. The van der Waals surface area contributed by atoms with Crippen LogP contribution in [0.15, 0.2) is 48.6 Å². The largest absolute Gasteiger partial charge is 0.472 e. The Kier molecular flexibility index (Phi) is 37.1. The number of phosphoric acid groups is 1. The molecule has 0 bridgehead atoms. The average Bonchev–Trinajstić information content (AvgIpc) is 3.15. The summed E-state index contributed by atoms with van der Waals surface area (Å²) in [7, 11) is 1.44. The zero-order valence-electron chi connectivity index (χ0n) is 36.6. The lowest BCUT2D eigenvalue weighted by molar-refractivity contribution is -0.870. The van der Waals surface area contributed by atoms with Gasteiger partial charge in [-0.3, -0.25) is 18.6 Å². The summed E-state index contributed by atoms with van der Waals surface area (Å²) >= 11 is 0. The number of ether oxygens (including phenoxy) is 2. The summed E-state index contributed by atoms with van der Waals surface area (Å²) in [6, 6.07) is 0. The lowest BCUT2D eigenvalue weighted by Crippen LogP contribution is -2.37. The molecule has 0 aliphatic carbocycles. The highest BCUT2D eigenvalue weighted by Gasteiger charge is 2.27. The summed E-state index contributed by atoms with van der Waals surface area (Å²) in [5.74, 6) is -0.862. The molecule has 9 nitrogen and oxygen atoms in total. The maximum absolute atomic E-state index is 12.7. The second-order valence-electron chi connectivity index (χ2n) is 16.1. The van der Waals surface area contributed by atoms with Gasteiger partial charge in [0.05, 0.1) is 27.7 Å². The highest BCUT2D eigenvalue weighted by molar-refractivity contribution is 7.47. The first-order valence-electron chi connectivity index (χ1n) is 22.4. The molecule has 0 radical (unpaired) electrons.